The van der Waals surface area contributed by atoms with E-state index in [0.29, 0.717) is 12.1 Å². The molecule has 1 aromatic carbocycles. The normalized spacial score (nSPS) is 10.2. The Balaban J connectivity index is 2.70. The van der Waals surface area contributed by atoms with Crippen molar-refractivity contribution in [2.75, 3.05) is 12.4 Å². The molecule has 0 atom stereocenters. The van der Waals surface area contributed by atoms with Gasteiger partial charge >= 0.3 is 5.97 Å². The molecule has 0 fully saturated rings. The third-order valence-electron chi connectivity index (χ3n) is 2.35. The lowest BCUT2D eigenvalue weighted by molar-refractivity contribution is -0.105. The van der Waals surface area contributed by atoms with E-state index in [9.17, 15) is 9.59 Å². The first-order valence-corrected chi connectivity index (χ1v) is 5.56. The maximum Gasteiger partial charge on any atom is 0.356 e. The summed E-state index contributed by atoms with van der Waals surface area (Å²) in [5, 5.41) is 3.25. The summed E-state index contributed by atoms with van der Waals surface area (Å²) in [5.41, 5.74) is 1.40. The van der Waals surface area contributed by atoms with E-state index in [0.717, 1.165) is 15.4 Å². The van der Waals surface area contributed by atoms with E-state index < -0.39 is 5.97 Å². The van der Waals surface area contributed by atoms with Crippen molar-refractivity contribution in [3.8, 4) is 0 Å². The summed E-state index contributed by atoms with van der Waals surface area (Å²) in [5.74, 6) is -0.526. The highest BCUT2D eigenvalue weighted by Gasteiger charge is 2.18. The molecule has 0 radical (unpaired) electrons. The average molecular weight is 297 g/mol. The van der Waals surface area contributed by atoms with Crippen LogP contribution in [0, 0.1) is 0 Å². The number of esters is 1. The lowest BCUT2D eigenvalue weighted by Crippen LogP contribution is -2.06. The molecule has 0 bridgehead atoms. The molecule has 0 aliphatic carbocycles. The number of nitrogens with one attached hydrogen (secondary N) is 2. The van der Waals surface area contributed by atoms with Gasteiger partial charge in [-0.25, -0.2) is 4.79 Å². The number of carbonyl (C=O) groups is 2. The number of amides is 1. The van der Waals surface area contributed by atoms with Crippen LogP contribution in [-0.4, -0.2) is 24.5 Å². The number of ether oxygens (including phenoxy) is 1. The van der Waals surface area contributed by atoms with Crippen molar-refractivity contribution >= 4 is 44.9 Å². The third kappa shape index (κ3) is 2.03. The minimum absolute atomic E-state index is 0.229. The highest BCUT2D eigenvalue weighted by atomic mass is 79.9. The number of anilines is 1. The van der Waals surface area contributed by atoms with Gasteiger partial charge in [-0.2, -0.15) is 0 Å². The molecule has 5 nitrogen and oxygen atoms in total. The molecule has 6 heteroatoms. The van der Waals surface area contributed by atoms with Gasteiger partial charge in [-0.05, 0) is 18.2 Å². The van der Waals surface area contributed by atoms with Gasteiger partial charge in [0.1, 0.15) is 5.69 Å². The van der Waals surface area contributed by atoms with Crippen molar-refractivity contribution < 1.29 is 14.3 Å². The van der Waals surface area contributed by atoms with Crippen LogP contribution in [0.3, 0.4) is 0 Å². The number of halogens is 1. The number of methoxy groups -OCH3 is 1. The van der Waals surface area contributed by atoms with E-state index in [2.05, 4.69) is 31.0 Å². The predicted molar refractivity (Wildman–Crippen MR) is 67.0 cm³/mol. The summed E-state index contributed by atoms with van der Waals surface area (Å²) < 4.78 is 5.50. The van der Waals surface area contributed by atoms with E-state index >= 15 is 0 Å². The minimum atomic E-state index is -0.526. The Morgan fingerprint density at radius 3 is 2.94 bits per heavy atom. The SMILES string of the molecule is COC(=O)c1[nH]c2ccc(Br)cc2c1NC=O. The topological polar surface area (TPSA) is 71.2 Å². The maximum absolute atomic E-state index is 11.5. The quantitative estimate of drug-likeness (QED) is 0.674. The van der Waals surface area contributed by atoms with Crippen molar-refractivity contribution in [2.24, 2.45) is 0 Å². The summed E-state index contributed by atoms with van der Waals surface area (Å²) >= 11 is 3.33. The summed E-state index contributed by atoms with van der Waals surface area (Å²) in [6, 6.07) is 5.45. The molecule has 0 aliphatic rings. The molecule has 0 spiro atoms. The number of hydrogen-bond donors (Lipinski definition) is 2. The lowest BCUT2D eigenvalue weighted by atomic mass is 10.2. The fraction of sp³-hybridized carbons (Fsp3) is 0.0909. The van der Waals surface area contributed by atoms with Crippen LogP contribution in [0.25, 0.3) is 10.9 Å². The van der Waals surface area contributed by atoms with Gasteiger partial charge in [-0.3, -0.25) is 4.79 Å². The Kier molecular flexibility index (Phi) is 3.14. The summed E-state index contributed by atoms with van der Waals surface area (Å²) in [6.07, 6.45) is 0.524. The first-order chi connectivity index (χ1) is 8.17. The third-order valence-corrected chi connectivity index (χ3v) is 2.85. The molecule has 2 rings (SSSR count). The second kappa shape index (κ2) is 4.58. The number of aromatic nitrogens is 1. The molecule has 1 amide bonds. The van der Waals surface area contributed by atoms with Crippen LogP contribution in [0.2, 0.25) is 0 Å². The van der Waals surface area contributed by atoms with Crippen LogP contribution in [-0.2, 0) is 9.53 Å². The minimum Gasteiger partial charge on any atom is -0.464 e. The Morgan fingerprint density at radius 2 is 2.29 bits per heavy atom. The van der Waals surface area contributed by atoms with Gasteiger partial charge in [-0.1, -0.05) is 15.9 Å². The molecule has 0 saturated heterocycles. The van der Waals surface area contributed by atoms with Crippen molar-refractivity contribution in [3.63, 3.8) is 0 Å². The zero-order valence-electron chi connectivity index (χ0n) is 8.91. The van der Waals surface area contributed by atoms with Gasteiger partial charge in [0.15, 0.2) is 0 Å². The Labute approximate surface area is 105 Å². The molecule has 2 aromatic rings. The molecular formula is C11H9BrN2O3. The molecule has 0 unspecified atom stereocenters. The zero-order valence-corrected chi connectivity index (χ0v) is 10.5. The van der Waals surface area contributed by atoms with E-state index in [-0.39, 0.29) is 5.69 Å². The Morgan fingerprint density at radius 1 is 1.53 bits per heavy atom. The summed E-state index contributed by atoms with van der Waals surface area (Å²) in [6.45, 7) is 0. The molecule has 17 heavy (non-hydrogen) atoms. The standard InChI is InChI=1S/C11H9BrN2O3/c1-17-11(16)10-9(13-5-15)7-4-6(12)2-3-8(7)14-10/h2-5,14H,1H3,(H,13,15). The lowest BCUT2D eigenvalue weighted by Gasteiger charge is -2.00. The number of benzene rings is 1. The van der Waals surface area contributed by atoms with Gasteiger partial charge in [0.05, 0.1) is 12.8 Å². The van der Waals surface area contributed by atoms with E-state index in [1.165, 1.54) is 7.11 Å². The zero-order chi connectivity index (χ0) is 12.4. The van der Waals surface area contributed by atoms with Crippen molar-refractivity contribution in [2.45, 2.75) is 0 Å². The number of fused-ring (bicyclic) bond motifs is 1. The summed E-state index contributed by atoms with van der Waals surface area (Å²) in [4.78, 5) is 25.0. The molecule has 1 heterocycles. The molecule has 1 aromatic heterocycles. The van der Waals surface area contributed by atoms with Gasteiger partial charge in [-0.15, -0.1) is 0 Å². The molecule has 2 N–H and O–H groups in total. The molecule has 88 valence electrons. The highest BCUT2D eigenvalue weighted by molar-refractivity contribution is 9.10. The fourth-order valence-corrected chi connectivity index (χ4v) is 1.99. The first-order valence-electron chi connectivity index (χ1n) is 4.77. The molecule has 0 aliphatic heterocycles. The number of carbonyl (C=O) groups excluding carboxylic acids is 2. The van der Waals surface area contributed by atoms with Gasteiger partial charge in [0, 0.05) is 15.4 Å². The van der Waals surface area contributed by atoms with Crippen molar-refractivity contribution in [3.05, 3.63) is 28.4 Å². The summed E-state index contributed by atoms with van der Waals surface area (Å²) in [7, 11) is 1.29. The molecular weight excluding hydrogens is 288 g/mol. The largest absolute Gasteiger partial charge is 0.464 e. The molecule has 0 saturated carbocycles. The number of H-pyrrole nitrogens is 1. The Bertz CT molecular complexity index is 592. The smallest absolute Gasteiger partial charge is 0.356 e. The highest BCUT2D eigenvalue weighted by Crippen LogP contribution is 2.30. The van der Waals surface area contributed by atoms with E-state index in [4.69, 9.17) is 0 Å². The number of hydrogen-bond acceptors (Lipinski definition) is 3. The van der Waals surface area contributed by atoms with Crippen LogP contribution in [0.4, 0.5) is 5.69 Å². The van der Waals surface area contributed by atoms with E-state index in [1.54, 1.807) is 0 Å². The van der Waals surface area contributed by atoms with Crippen molar-refractivity contribution in [1.82, 2.24) is 4.98 Å². The second-order valence-electron chi connectivity index (χ2n) is 3.32. The maximum atomic E-state index is 11.5. The van der Waals surface area contributed by atoms with Crippen LogP contribution in [0.1, 0.15) is 10.5 Å². The van der Waals surface area contributed by atoms with Gasteiger partial charge in [0.2, 0.25) is 6.41 Å². The Hall–Kier alpha value is -1.82. The van der Waals surface area contributed by atoms with Gasteiger partial charge < -0.3 is 15.0 Å². The fourth-order valence-electron chi connectivity index (χ4n) is 1.63. The average Bonchev–Trinajstić information content (AvgIpc) is 2.67. The van der Waals surface area contributed by atoms with Crippen molar-refractivity contribution in [1.29, 1.82) is 0 Å². The van der Waals surface area contributed by atoms with Crippen LogP contribution >= 0.6 is 15.9 Å². The second-order valence-corrected chi connectivity index (χ2v) is 4.23. The van der Waals surface area contributed by atoms with Crippen LogP contribution in [0.5, 0.6) is 0 Å². The number of rotatable bonds is 3. The predicted octanol–water partition coefficient (Wildman–Crippen LogP) is 2.29. The first kappa shape index (κ1) is 11.7. The number of aromatic amines is 1. The van der Waals surface area contributed by atoms with Crippen LogP contribution < -0.4 is 5.32 Å². The van der Waals surface area contributed by atoms with Crippen LogP contribution in [0.15, 0.2) is 22.7 Å². The van der Waals surface area contributed by atoms with Gasteiger partial charge in [0.25, 0.3) is 0 Å². The van der Waals surface area contributed by atoms with E-state index in [1.807, 2.05) is 18.2 Å². The monoisotopic (exact) mass is 296 g/mol.